The topological polar surface area (TPSA) is 84.9 Å². The van der Waals surface area contributed by atoms with Crippen LogP contribution in [0, 0.1) is 0 Å². The van der Waals surface area contributed by atoms with E-state index in [1.807, 2.05) is 0 Å². The van der Waals surface area contributed by atoms with E-state index in [2.05, 4.69) is 21.2 Å². The number of hydrogen-bond donors (Lipinski definition) is 2. The molecule has 0 heterocycles. The number of halogens is 1. The zero-order valence-electron chi connectivity index (χ0n) is 11.9. The molecule has 0 fully saturated rings. The lowest BCUT2D eigenvalue weighted by molar-refractivity contribution is -0.137. The Hall–Kier alpha value is -1.76. The van der Waals surface area contributed by atoms with Gasteiger partial charge in [-0.05, 0) is 40.9 Å². The molecule has 1 aromatic carbocycles. The van der Waals surface area contributed by atoms with Crippen LogP contribution in [0.5, 0.6) is 11.5 Å². The highest BCUT2D eigenvalue weighted by Gasteiger charge is 2.14. The quantitative estimate of drug-likeness (QED) is 0.696. The van der Waals surface area contributed by atoms with E-state index in [0.29, 0.717) is 40.9 Å². The average molecular weight is 360 g/mol. The summed E-state index contributed by atoms with van der Waals surface area (Å²) in [6, 6.07) is 3.22. The first-order valence-corrected chi connectivity index (χ1v) is 7.20. The molecule has 0 spiro atoms. The number of hydrogen-bond acceptors (Lipinski definition) is 4. The third-order valence-electron chi connectivity index (χ3n) is 2.81. The van der Waals surface area contributed by atoms with Crippen LogP contribution < -0.4 is 14.8 Å². The number of rotatable bonds is 8. The molecule has 0 radical (unpaired) electrons. The van der Waals surface area contributed by atoms with E-state index in [-0.39, 0.29) is 12.3 Å². The zero-order valence-corrected chi connectivity index (χ0v) is 13.5. The number of unbranched alkanes of at least 4 members (excludes halogenated alkanes) is 1. The van der Waals surface area contributed by atoms with Gasteiger partial charge < -0.3 is 19.9 Å². The van der Waals surface area contributed by atoms with Gasteiger partial charge in [-0.25, -0.2) is 0 Å². The third-order valence-corrected chi connectivity index (χ3v) is 3.59. The highest BCUT2D eigenvalue weighted by atomic mass is 79.9. The van der Waals surface area contributed by atoms with Crippen molar-refractivity contribution in [2.75, 3.05) is 20.8 Å². The van der Waals surface area contributed by atoms with Crippen molar-refractivity contribution in [2.45, 2.75) is 19.3 Å². The molecular weight excluding hydrogens is 342 g/mol. The van der Waals surface area contributed by atoms with Crippen LogP contribution in [0.3, 0.4) is 0 Å². The van der Waals surface area contributed by atoms with E-state index >= 15 is 0 Å². The maximum absolute atomic E-state index is 12.0. The van der Waals surface area contributed by atoms with Gasteiger partial charge in [-0.3, -0.25) is 9.59 Å². The highest BCUT2D eigenvalue weighted by Crippen LogP contribution is 2.35. The maximum atomic E-state index is 12.0. The summed E-state index contributed by atoms with van der Waals surface area (Å²) in [5, 5.41) is 11.3. The Morgan fingerprint density at radius 3 is 2.24 bits per heavy atom. The molecule has 0 aliphatic rings. The van der Waals surface area contributed by atoms with Crippen LogP contribution in [0.15, 0.2) is 16.6 Å². The first-order valence-electron chi connectivity index (χ1n) is 6.41. The molecule has 1 aromatic rings. The number of ether oxygens (including phenoxy) is 2. The number of aliphatic carboxylic acids is 1. The number of methoxy groups -OCH3 is 2. The molecule has 0 saturated heterocycles. The van der Waals surface area contributed by atoms with Gasteiger partial charge >= 0.3 is 5.97 Å². The van der Waals surface area contributed by atoms with Crippen molar-refractivity contribution in [1.82, 2.24) is 5.32 Å². The summed E-state index contributed by atoms with van der Waals surface area (Å²) >= 11 is 3.33. The zero-order chi connectivity index (χ0) is 15.8. The summed E-state index contributed by atoms with van der Waals surface area (Å²) in [5.74, 6) is -0.0751. The predicted molar refractivity (Wildman–Crippen MR) is 81.1 cm³/mol. The van der Waals surface area contributed by atoms with E-state index in [0.717, 1.165) is 0 Å². The highest BCUT2D eigenvalue weighted by molar-refractivity contribution is 9.10. The van der Waals surface area contributed by atoms with Crippen molar-refractivity contribution in [2.24, 2.45) is 0 Å². The van der Waals surface area contributed by atoms with Crippen LogP contribution in [-0.4, -0.2) is 37.7 Å². The van der Waals surface area contributed by atoms with Crippen LogP contribution in [0.4, 0.5) is 0 Å². The van der Waals surface area contributed by atoms with Gasteiger partial charge in [0.25, 0.3) is 5.91 Å². The van der Waals surface area contributed by atoms with Crippen molar-refractivity contribution >= 4 is 27.8 Å². The van der Waals surface area contributed by atoms with E-state index in [4.69, 9.17) is 14.6 Å². The first kappa shape index (κ1) is 17.3. The Morgan fingerprint density at radius 2 is 1.76 bits per heavy atom. The lowest BCUT2D eigenvalue weighted by atomic mass is 10.1. The molecule has 1 rings (SSSR count). The Morgan fingerprint density at radius 1 is 1.19 bits per heavy atom. The number of carboxylic acids is 1. The molecule has 0 aliphatic carbocycles. The van der Waals surface area contributed by atoms with Crippen molar-refractivity contribution in [3.63, 3.8) is 0 Å². The molecule has 116 valence electrons. The normalized spacial score (nSPS) is 10.0. The maximum Gasteiger partial charge on any atom is 0.303 e. The van der Waals surface area contributed by atoms with Gasteiger partial charge in [0.15, 0.2) is 0 Å². The largest absolute Gasteiger partial charge is 0.495 e. The fourth-order valence-corrected chi connectivity index (χ4v) is 2.26. The van der Waals surface area contributed by atoms with E-state index in [9.17, 15) is 9.59 Å². The smallest absolute Gasteiger partial charge is 0.303 e. The SMILES string of the molecule is COc1cc(C(=O)NCCCCC(=O)O)cc(OC)c1Br. The monoisotopic (exact) mass is 359 g/mol. The minimum atomic E-state index is -0.830. The summed E-state index contributed by atoms with van der Waals surface area (Å²) in [4.78, 5) is 22.4. The summed E-state index contributed by atoms with van der Waals surface area (Å²) in [7, 11) is 3.01. The van der Waals surface area contributed by atoms with Crippen LogP contribution in [0.1, 0.15) is 29.6 Å². The molecule has 0 aliphatic heterocycles. The lowest BCUT2D eigenvalue weighted by Crippen LogP contribution is -2.24. The van der Waals surface area contributed by atoms with Gasteiger partial charge in [-0.15, -0.1) is 0 Å². The van der Waals surface area contributed by atoms with Crippen molar-refractivity contribution in [1.29, 1.82) is 0 Å². The third kappa shape index (κ3) is 5.26. The van der Waals surface area contributed by atoms with Gasteiger partial charge in [-0.2, -0.15) is 0 Å². The molecule has 21 heavy (non-hydrogen) atoms. The number of carboxylic acid groups (broad SMARTS) is 1. The second kappa shape index (κ2) is 8.51. The van der Waals surface area contributed by atoms with E-state index < -0.39 is 5.97 Å². The minimum absolute atomic E-state index is 0.107. The van der Waals surface area contributed by atoms with Gasteiger partial charge in [0.05, 0.1) is 14.2 Å². The molecule has 0 atom stereocenters. The van der Waals surface area contributed by atoms with Crippen molar-refractivity contribution in [3.8, 4) is 11.5 Å². The summed E-state index contributed by atoms with van der Waals surface area (Å²) in [5.41, 5.74) is 0.421. The van der Waals surface area contributed by atoms with Crippen LogP contribution in [-0.2, 0) is 4.79 Å². The van der Waals surface area contributed by atoms with Crippen LogP contribution in [0.2, 0.25) is 0 Å². The Balaban J connectivity index is 2.63. The Labute approximate surface area is 131 Å². The van der Waals surface area contributed by atoms with Gasteiger partial charge in [0.1, 0.15) is 16.0 Å². The first-order chi connectivity index (χ1) is 9.99. The standard InChI is InChI=1S/C14H18BrNO5/c1-20-10-7-9(8-11(21-2)13(10)15)14(19)16-6-4-3-5-12(17)18/h7-8H,3-6H2,1-2H3,(H,16,19)(H,17,18). The molecule has 6 nitrogen and oxygen atoms in total. The van der Waals surface area contributed by atoms with E-state index in [1.54, 1.807) is 12.1 Å². The molecule has 0 aromatic heterocycles. The molecule has 0 saturated carbocycles. The predicted octanol–water partition coefficient (Wildman–Crippen LogP) is 2.45. The van der Waals surface area contributed by atoms with Crippen molar-refractivity contribution in [3.05, 3.63) is 22.2 Å². The number of amides is 1. The molecule has 0 unspecified atom stereocenters. The van der Waals surface area contributed by atoms with Gasteiger partial charge in [-0.1, -0.05) is 0 Å². The summed E-state index contributed by atoms with van der Waals surface area (Å²) < 4.78 is 11.0. The Kier molecular flexibility index (Phi) is 7.01. The number of benzene rings is 1. The second-order valence-electron chi connectivity index (χ2n) is 4.30. The minimum Gasteiger partial charge on any atom is -0.495 e. The fourth-order valence-electron chi connectivity index (χ4n) is 1.71. The number of carbonyl (C=O) groups excluding carboxylic acids is 1. The molecule has 1 amide bonds. The molecular formula is C14H18BrNO5. The Bertz CT molecular complexity index is 493. The van der Waals surface area contributed by atoms with Crippen LogP contribution in [0.25, 0.3) is 0 Å². The van der Waals surface area contributed by atoms with E-state index in [1.165, 1.54) is 14.2 Å². The van der Waals surface area contributed by atoms with Gasteiger partial charge in [0, 0.05) is 18.5 Å². The average Bonchev–Trinajstić information content (AvgIpc) is 2.46. The van der Waals surface area contributed by atoms with Crippen LogP contribution >= 0.6 is 15.9 Å². The number of carbonyl (C=O) groups is 2. The molecule has 7 heteroatoms. The molecule has 0 bridgehead atoms. The molecule has 2 N–H and O–H groups in total. The second-order valence-corrected chi connectivity index (χ2v) is 5.09. The number of nitrogens with one attached hydrogen (secondary N) is 1. The lowest BCUT2D eigenvalue weighted by Gasteiger charge is -2.11. The van der Waals surface area contributed by atoms with Gasteiger partial charge in [0.2, 0.25) is 0 Å². The summed E-state index contributed by atoms with van der Waals surface area (Å²) in [6.07, 6.45) is 1.25. The van der Waals surface area contributed by atoms with Crippen molar-refractivity contribution < 1.29 is 24.2 Å². The fraction of sp³-hybridized carbons (Fsp3) is 0.429. The summed E-state index contributed by atoms with van der Waals surface area (Å²) in [6.45, 7) is 0.423.